The monoisotopic (exact) mass is 288 g/mol. The second kappa shape index (κ2) is 5.91. The van der Waals surface area contributed by atoms with Gasteiger partial charge < -0.3 is 0 Å². The summed E-state index contributed by atoms with van der Waals surface area (Å²) in [6, 6.07) is 8.40. The van der Waals surface area contributed by atoms with Crippen molar-refractivity contribution in [2.75, 3.05) is 5.88 Å². The molecular formula is C13H18BrCl. The van der Waals surface area contributed by atoms with Crippen LogP contribution in [0.25, 0.3) is 0 Å². The maximum atomic E-state index is 6.07. The fourth-order valence-electron chi connectivity index (χ4n) is 1.91. The van der Waals surface area contributed by atoms with Gasteiger partial charge in [-0.25, -0.2) is 0 Å². The molecule has 0 heterocycles. The largest absolute Gasteiger partial charge is 0.126 e. The molecule has 1 rings (SSSR count). The maximum Gasteiger partial charge on any atom is 0.0280 e. The number of halogens is 2. The van der Waals surface area contributed by atoms with Crippen LogP contribution in [0.3, 0.4) is 0 Å². The van der Waals surface area contributed by atoms with Crippen LogP contribution in [0.2, 0.25) is 0 Å². The molecule has 84 valence electrons. The minimum Gasteiger partial charge on any atom is -0.126 e. The summed E-state index contributed by atoms with van der Waals surface area (Å²) in [7, 11) is 0. The van der Waals surface area contributed by atoms with Crippen molar-refractivity contribution in [1.82, 2.24) is 0 Å². The molecular weight excluding hydrogens is 272 g/mol. The predicted octanol–water partition coefficient (Wildman–Crippen LogP) is 5.04. The molecule has 0 bridgehead atoms. The molecule has 15 heavy (non-hydrogen) atoms. The Bertz CT molecular complexity index is 311. The van der Waals surface area contributed by atoms with Gasteiger partial charge in [-0.05, 0) is 29.9 Å². The first-order valence-electron chi connectivity index (χ1n) is 5.40. The Morgan fingerprint density at radius 1 is 1.33 bits per heavy atom. The second-order valence-corrected chi connectivity index (χ2v) is 5.58. The third-order valence-corrected chi connectivity index (χ3v) is 4.17. The molecule has 2 heteroatoms. The lowest BCUT2D eigenvalue weighted by Gasteiger charge is -2.27. The Morgan fingerprint density at radius 2 is 2.00 bits per heavy atom. The molecule has 1 aromatic carbocycles. The molecule has 0 nitrogen and oxygen atoms in total. The van der Waals surface area contributed by atoms with E-state index in [2.05, 4.69) is 48.0 Å². The topological polar surface area (TPSA) is 0 Å². The lowest BCUT2D eigenvalue weighted by Crippen LogP contribution is -2.21. The molecule has 0 amide bonds. The minimum absolute atomic E-state index is 0.222. The molecule has 0 aliphatic rings. The molecule has 1 aromatic rings. The quantitative estimate of drug-likeness (QED) is 0.666. The van der Waals surface area contributed by atoms with E-state index in [0.717, 1.165) is 12.3 Å². The Kier molecular flexibility index (Phi) is 5.14. The van der Waals surface area contributed by atoms with Crippen LogP contribution in [0.1, 0.15) is 32.3 Å². The highest BCUT2D eigenvalue weighted by Crippen LogP contribution is 2.32. The van der Waals surface area contributed by atoms with Gasteiger partial charge in [-0.2, -0.15) is 0 Å². The zero-order chi connectivity index (χ0) is 11.3. The normalized spacial score (nSPS) is 14.9. The zero-order valence-corrected chi connectivity index (χ0v) is 11.7. The maximum absolute atomic E-state index is 6.07. The first-order chi connectivity index (χ1) is 7.11. The zero-order valence-electron chi connectivity index (χ0n) is 9.39. The Morgan fingerprint density at radius 3 is 2.53 bits per heavy atom. The van der Waals surface area contributed by atoms with Crippen LogP contribution in [0.15, 0.2) is 28.7 Å². The van der Waals surface area contributed by atoms with Gasteiger partial charge in [0.2, 0.25) is 0 Å². The highest BCUT2D eigenvalue weighted by molar-refractivity contribution is 9.10. The van der Waals surface area contributed by atoms with E-state index in [9.17, 15) is 0 Å². The number of benzene rings is 1. The summed E-state index contributed by atoms with van der Waals surface area (Å²) >= 11 is 9.66. The van der Waals surface area contributed by atoms with E-state index in [1.807, 2.05) is 6.07 Å². The minimum atomic E-state index is 0.222. The Balaban J connectivity index is 2.79. The van der Waals surface area contributed by atoms with Crippen molar-refractivity contribution in [3.05, 3.63) is 34.3 Å². The van der Waals surface area contributed by atoms with Gasteiger partial charge in [-0.3, -0.25) is 0 Å². The third-order valence-electron chi connectivity index (χ3n) is 2.75. The van der Waals surface area contributed by atoms with Crippen molar-refractivity contribution in [3.8, 4) is 0 Å². The van der Waals surface area contributed by atoms with E-state index in [-0.39, 0.29) is 5.41 Å². The molecule has 0 radical (unpaired) electrons. The summed E-state index contributed by atoms with van der Waals surface area (Å²) in [6.45, 7) is 4.48. The van der Waals surface area contributed by atoms with Crippen molar-refractivity contribution in [2.45, 2.75) is 33.1 Å². The molecule has 0 fully saturated rings. The predicted molar refractivity (Wildman–Crippen MR) is 71.6 cm³/mol. The Labute approximate surface area is 106 Å². The number of alkyl halides is 1. The molecule has 0 aromatic heterocycles. The van der Waals surface area contributed by atoms with Crippen LogP contribution in [0.5, 0.6) is 0 Å². The van der Waals surface area contributed by atoms with E-state index in [4.69, 9.17) is 11.6 Å². The molecule has 0 spiro atoms. The van der Waals surface area contributed by atoms with Crippen LogP contribution >= 0.6 is 27.5 Å². The summed E-state index contributed by atoms with van der Waals surface area (Å²) in [5, 5.41) is 0. The van der Waals surface area contributed by atoms with Gasteiger partial charge in [0.15, 0.2) is 0 Å². The van der Waals surface area contributed by atoms with E-state index in [1.54, 1.807) is 0 Å². The van der Waals surface area contributed by atoms with Gasteiger partial charge in [0.25, 0.3) is 0 Å². The van der Waals surface area contributed by atoms with Crippen molar-refractivity contribution >= 4 is 27.5 Å². The highest BCUT2D eigenvalue weighted by Gasteiger charge is 2.23. The van der Waals surface area contributed by atoms with Gasteiger partial charge in [0.1, 0.15) is 0 Å². The van der Waals surface area contributed by atoms with Crippen LogP contribution < -0.4 is 0 Å². The highest BCUT2D eigenvalue weighted by atomic mass is 79.9. The standard InChI is InChI=1S/C13H18BrCl/c1-3-8-13(2,10-15)9-11-6-4-5-7-12(11)14/h4-7H,3,8-10H2,1-2H3. The van der Waals surface area contributed by atoms with E-state index in [1.165, 1.54) is 22.9 Å². The van der Waals surface area contributed by atoms with Crippen molar-refractivity contribution in [1.29, 1.82) is 0 Å². The van der Waals surface area contributed by atoms with E-state index >= 15 is 0 Å². The third kappa shape index (κ3) is 3.81. The summed E-state index contributed by atoms with van der Waals surface area (Å²) in [5.74, 6) is 0.724. The van der Waals surface area contributed by atoms with E-state index < -0.39 is 0 Å². The lowest BCUT2D eigenvalue weighted by molar-refractivity contribution is 0.334. The van der Waals surface area contributed by atoms with Gasteiger partial charge in [-0.1, -0.05) is 54.4 Å². The summed E-state index contributed by atoms with van der Waals surface area (Å²) < 4.78 is 1.19. The van der Waals surface area contributed by atoms with Crippen LogP contribution in [0.4, 0.5) is 0 Å². The smallest absolute Gasteiger partial charge is 0.0280 e. The number of hydrogen-bond acceptors (Lipinski definition) is 0. The molecule has 0 saturated heterocycles. The van der Waals surface area contributed by atoms with Crippen molar-refractivity contribution in [3.63, 3.8) is 0 Å². The van der Waals surface area contributed by atoms with Gasteiger partial charge in [-0.15, -0.1) is 11.6 Å². The van der Waals surface area contributed by atoms with E-state index in [0.29, 0.717) is 0 Å². The molecule has 1 unspecified atom stereocenters. The number of hydrogen-bond donors (Lipinski definition) is 0. The average Bonchev–Trinajstić information content (AvgIpc) is 2.22. The SMILES string of the molecule is CCCC(C)(CCl)Cc1ccccc1Br. The first kappa shape index (κ1) is 13.1. The second-order valence-electron chi connectivity index (χ2n) is 4.46. The van der Waals surface area contributed by atoms with Gasteiger partial charge in [0.05, 0.1) is 0 Å². The van der Waals surface area contributed by atoms with Gasteiger partial charge in [0, 0.05) is 10.4 Å². The fourth-order valence-corrected chi connectivity index (χ4v) is 2.56. The molecule has 0 aliphatic carbocycles. The van der Waals surface area contributed by atoms with Crippen LogP contribution in [-0.4, -0.2) is 5.88 Å². The first-order valence-corrected chi connectivity index (χ1v) is 6.73. The summed E-state index contributed by atoms with van der Waals surface area (Å²) in [4.78, 5) is 0. The average molecular weight is 290 g/mol. The molecule has 0 N–H and O–H groups in total. The molecule has 1 atom stereocenters. The number of rotatable bonds is 5. The molecule has 0 saturated carbocycles. The Hall–Kier alpha value is -0.0100. The van der Waals surface area contributed by atoms with Crippen molar-refractivity contribution in [2.24, 2.45) is 5.41 Å². The molecule has 0 aliphatic heterocycles. The van der Waals surface area contributed by atoms with Crippen LogP contribution in [0, 0.1) is 5.41 Å². The van der Waals surface area contributed by atoms with Crippen molar-refractivity contribution < 1.29 is 0 Å². The van der Waals surface area contributed by atoms with Gasteiger partial charge >= 0.3 is 0 Å². The fraction of sp³-hybridized carbons (Fsp3) is 0.538. The lowest BCUT2D eigenvalue weighted by atomic mass is 9.81. The summed E-state index contributed by atoms with van der Waals surface area (Å²) in [6.07, 6.45) is 3.41. The summed E-state index contributed by atoms with van der Waals surface area (Å²) in [5.41, 5.74) is 1.58. The van der Waals surface area contributed by atoms with Crippen LogP contribution in [-0.2, 0) is 6.42 Å².